The van der Waals surface area contributed by atoms with Crippen LogP contribution in [0.4, 0.5) is 0 Å². The molecular weight excluding hydrogens is 330 g/mol. The average molecular weight is 347 g/mol. The van der Waals surface area contributed by atoms with E-state index in [4.69, 9.17) is 14.2 Å². The summed E-state index contributed by atoms with van der Waals surface area (Å²) in [6.45, 7) is 0.890. The Balaban J connectivity index is 1.75. The number of benzene rings is 1. The zero-order valence-electron chi connectivity index (χ0n) is 13.6. The number of ether oxygens (including phenoxy) is 3. The van der Waals surface area contributed by atoms with E-state index in [2.05, 4.69) is 0 Å². The number of cyclic esters (lactones) is 1. The number of methoxy groups -OCH3 is 1. The van der Waals surface area contributed by atoms with E-state index >= 15 is 0 Å². The van der Waals surface area contributed by atoms with Crippen LogP contribution in [-0.4, -0.2) is 61.6 Å². The minimum atomic E-state index is -0.927. The van der Waals surface area contributed by atoms with E-state index in [-0.39, 0.29) is 29.8 Å². The van der Waals surface area contributed by atoms with Gasteiger partial charge in [0.2, 0.25) is 6.10 Å². The molecule has 3 rings (SSSR count). The SMILES string of the molecule is COCCCN1C(=O)c2ccc(C(=O)O[C@@H]3CCOC3=O)cc2C1=O. The molecule has 0 saturated carbocycles. The Hall–Kier alpha value is -2.74. The Labute approximate surface area is 143 Å². The van der Waals surface area contributed by atoms with Crippen molar-refractivity contribution < 1.29 is 33.4 Å². The van der Waals surface area contributed by atoms with Gasteiger partial charge in [0.1, 0.15) is 0 Å². The Morgan fingerprint density at radius 1 is 1.24 bits per heavy atom. The van der Waals surface area contributed by atoms with Gasteiger partial charge in [-0.25, -0.2) is 9.59 Å². The van der Waals surface area contributed by atoms with E-state index in [1.165, 1.54) is 18.2 Å². The first-order chi connectivity index (χ1) is 12.0. The first kappa shape index (κ1) is 17.1. The lowest BCUT2D eigenvalue weighted by Gasteiger charge is -2.12. The van der Waals surface area contributed by atoms with E-state index in [0.29, 0.717) is 19.4 Å². The van der Waals surface area contributed by atoms with Crippen molar-refractivity contribution in [1.82, 2.24) is 4.90 Å². The second-order valence-corrected chi connectivity index (χ2v) is 5.72. The maximum atomic E-state index is 12.4. The van der Waals surface area contributed by atoms with Crippen molar-refractivity contribution in [3.63, 3.8) is 0 Å². The molecule has 2 aliphatic heterocycles. The highest BCUT2D eigenvalue weighted by atomic mass is 16.6. The third-order valence-corrected chi connectivity index (χ3v) is 4.07. The van der Waals surface area contributed by atoms with E-state index in [0.717, 1.165) is 4.90 Å². The number of imide groups is 1. The highest BCUT2D eigenvalue weighted by Crippen LogP contribution is 2.25. The van der Waals surface area contributed by atoms with Gasteiger partial charge in [0.25, 0.3) is 11.8 Å². The second kappa shape index (κ2) is 7.02. The van der Waals surface area contributed by atoms with Crippen molar-refractivity contribution in [1.29, 1.82) is 0 Å². The van der Waals surface area contributed by atoms with Crippen LogP contribution in [0.1, 0.15) is 43.9 Å². The van der Waals surface area contributed by atoms with E-state index in [1.807, 2.05) is 0 Å². The summed E-state index contributed by atoms with van der Waals surface area (Å²) in [4.78, 5) is 49.4. The molecule has 0 aromatic heterocycles. The number of esters is 2. The minimum Gasteiger partial charge on any atom is -0.463 e. The molecule has 0 spiro atoms. The predicted octanol–water partition coefficient (Wildman–Crippen LogP) is 0.791. The smallest absolute Gasteiger partial charge is 0.347 e. The molecule has 2 aliphatic rings. The predicted molar refractivity (Wildman–Crippen MR) is 83.1 cm³/mol. The monoisotopic (exact) mass is 347 g/mol. The highest BCUT2D eigenvalue weighted by Gasteiger charge is 2.36. The normalized spacial score (nSPS) is 19.2. The van der Waals surface area contributed by atoms with E-state index in [9.17, 15) is 19.2 Å². The van der Waals surface area contributed by atoms with Crippen LogP contribution in [0.25, 0.3) is 0 Å². The van der Waals surface area contributed by atoms with Gasteiger partial charge in [0.15, 0.2) is 0 Å². The molecule has 8 nitrogen and oxygen atoms in total. The van der Waals surface area contributed by atoms with Crippen molar-refractivity contribution >= 4 is 23.8 Å². The van der Waals surface area contributed by atoms with Crippen LogP contribution in [0.15, 0.2) is 18.2 Å². The summed E-state index contributed by atoms with van der Waals surface area (Å²) in [6.07, 6.45) is -0.0930. The Bertz CT molecular complexity index is 743. The standard InChI is InChI=1S/C17H17NO7/c1-23-7-2-6-18-14(19)11-4-3-10(9-12(11)15(18)20)16(21)25-13-5-8-24-17(13)22/h3-4,9,13H,2,5-8H2,1H3/t13-/m1/s1. The minimum absolute atomic E-state index is 0.110. The summed E-state index contributed by atoms with van der Waals surface area (Å²) in [5, 5.41) is 0. The van der Waals surface area contributed by atoms with Gasteiger partial charge < -0.3 is 14.2 Å². The van der Waals surface area contributed by atoms with Crippen LogP contribution in [0.3, 0.4) is 0 Å². The number of hydrogen-bond acceptors (Lipinski definition) is 7. The van der Waals surface area contributed by atoms with Crippen LogP contribution in [0.5, 0.6) is 0 Å². The van der Waals surface area contributed by atoms with Crippen LogP contribution in [-0.2, 0) is 19.0 Å². The molecule has 25 heavy (non-hydrogen) atoms. The van der Waals surface area contributed by atoms with Crippen molar-refractivity contribution in [3.8, 4) is 0 Å². The first-order valence-corrected chi connectivity index (χ1v) is 7.89. The Kier molecular flexibility index (Phi) is 4.80. The van der Waals surface area contributed by atoms with E-state index < -0.39 is 29.9 Å². The molecule has 0 N–H and O–H groups in total. The van der Waals surface area contributed by atoms with Crippen LogP contribution < -0.4 is 0 Å². The van der Waals surface area contributed by atoms with Gasteiger partial charge in [0, 0.05) is 26.7 Å². The summed E-state index contributed by atoms with van der Waals surface area (Å²) in [6, 6.07) is 4.16. The number of hydrogen-bond donors (Lipinski definition) is 0. The third kappa shape index (κ3) is 3.25. The molecule has 1 aromatic carbocycles. The van der Waals surface area contributed by atoms with Crippen LogP contribution in [0, 0.1) is 0 Å². The summed E-state index contributed by atoms with van der Waals surface area (Å²) >= 11 is 0. The molecule has 132 valence electrons. The van der Waals surface area contributed by atoms with Crippen LogP contribution in [0.2, 0.25) is 0 Å². The number of carbonyl (C=O) groups is 4. The van der Waals surface area contributed by atoms with Gasteiger partial charge in [-0.2, -0.15) is 0 Å². The molecule has 2 amide bonds. The highest BCUT2D eigenvalue weighted by molar-refractivity contribution is 6.22. The fourth-order valence-electron chi connectivity index (χ4n) is 2.77. The number of nitrogens with zero attached hydrogens (tertiary/aromatic N) is 1. The summed E-state index contributed by atoms with van der Waals surface area (Å²) in [7, 11) is 1.54. The van der Waals surface area contributed by atoms with Gasteiger partial charge in [0.05, 0.1) is 23.3 Å². The number of carbonyl (C=O) groups excluding carboxylic acids is 4. The number of amides is 2. The maximum absolute atomic E-state index is 12.4. The summed E-state index contributed by atoms with van der Waals surface area (Å²) in [5.41, 5.74) is 0.517. The molecule has 1 atom stereocenters. The van der Waals surface area contributed by atoms with Gasteiger partial charge in [-0.05, 0) is 24.6 Å². The fraction of sp³-hybridized carbons (Fsp3) is 0.412. The molecule has 0 radical (unpaired) electrons. The molecular formula is C17H17NO7. The van der Waals surface area contributed by atoms with E-state index in [1.54, 1.807) is 7.11 Å². The van der Waals surface area contributed by atoms with Crippen molar-refractivity contribution in [2.75, 3.05) is 26.9 Å². The molecule has 2 heterocycles. The maximum Gasteiger partial charge on any atom is 0.347 e. The Morgan fingerprint density at radius 3 is 2.68 bits per heavy atom. The third-order valence-electron chi connectivity index (χ3n) is 4.07. The van der Waals surface area contributed by atoms with Gasteiger partial charge in [-0.3, -0.25) is 14.5 Å². The summed E-state index contributed by atoms with van der Waals surface area (Å²) < 4.78 is 14.8. The van der Waals surface area contributed by atoms with Gasteiger partial charge in [-0.15, -0.1) is 0 Å². The second-order valence-electron chi connectivity index (χ2n) is 5.72. The lowest BCUT2D eigenvalue weighted by molar-refractivity contribution is -0.145. The zero-order chi connectivity index (χ0) is 18.0. The van der Waals surface area contributed by atoms with Gasteiger partial charge >= 0.3 is 11.9 Å². The van der Waals surface area contributed by atoms with Crippen LogP contribution >= 0.6 is 0 Å². The number of rotatable bonds is 6. The molecule has 1 fully saturated rings. The molecule has 0 bridgehead atoms. The zero-order valence-corrected chi connectivity index (χ0v) is 13.6. The van der Waals surface area contributed by atoms with Gasteiger partial charge in [-0.1, -0.05) is 0 Å². The first-order valence-electron chi connectivity index (χ1n) is 7.89. The van der Waals surface area contributed by atoms with Crippen molar-refractivity contribution in [3.05, 3.63) is 34.9 Å². The molecule has 8 heteroatoms. The lowest BCUT2D eigenvalue weighted by atomic mass is 10.1. The fourth-order valence-corrected chi connectivity index (χ4v) is 2.77. The lowest BCUT2D eigenvalue weighted by Crippen LogP contribution is -2.31. The number of fused-ring (bicyclic) bond motifs is 1. The molecule has 1 aromatic rings. The molecule has 1 saturated heterocycles. The Morgan fingerprint density at radius 2 is 2.00 bits per heavy atom. The summed E-state index contributed by atoms with van der Waals surface area (Å²) in [5.74, 6) is -2.16. The van der Waals surface area contributed by atoms with Crippen molar-refractivity contribution in [2.45, 2.75) is 18.9 Å². The largest absolute Gasteiger partial charge is 0.463 e. The van der Waals surface area contributed by atoms with Crippen molar-refractivity contribution in [2.24, 2.45) is 0 Å². The molecule has 0 aliphatic carbocycles. The quantitative estimate of drug-likeness (QED) is 0.426. The average Bonchev–Trinajstić information content (AvgIpc) is 3.11. The molecule has 0 unspecified atom stereocenters. The topological polar surface area (TPSA) is 99.2 Å².